The number of nitrogens with zero attached hydrogens (tertiary/aromatic N) is 2. The monoisotopic (exact) mass is 432 g/mol. The van der Waals surface area contributed by atoms with E-state index in [1.54, 1.807) is 0 Å². The van der Waals surface area contributed by atoms with Crippen molar-refractivity contribution in [2.45, 2.75) is 23.9 Å². The SMILES string of the molecule is O=C(O)CCCN(c1cccc(C(F)(F)F)c1)S(=O)(=O)c1cccc([N+](=O)[O-])c1. The van der Waals surface area contributed by atoms with E-state index in [2.05, 4.69) is 0 Å². The minimum Gasteiger partial charge on any atom is -0.481 e. The lowest BCUT2D eigenvalue weighted by Gasteiger charge is -2.25. The van der Waals surface area contributed by atoms with Crippen LogP contribution in [0.25, 0.3) is 0 Å². The van der Waals surface area contributed by atoms with Gasteiger partial charge in [0, 0.05) is 25.1 Å². The molecule has 0 aliphatic carbocycles. The molecule has 0 saturated carbocycles. The Morgan fingerprint density at radius 2 is 1.79 bits per heavy atom. The van der Waals surface area contributed by atoms with E-state index in [4.69, 9.17) is 5.11 Å². The third-order valence-electron chi connectivity index (χ3n) is 3.83. The van der Waals surface area contributed by atoms with E-state index in [1.807, 2.05) is 0 Å². The van der Waals surface area contributed by atoms with Crippen LogP contribution in [0.1, 0.15) is 18.4 Å². The van der Waals surface area contributed by atoms with Crippen LogP contribution in [0.3, 0.4) is 0 Å². The van der Waals surface area contributed by atoms with Crippen molar-refractivity contribution in [3.63, 3.8) is 0 Å². The van der Waals surface area contributed by atoms with Crippen LogP contribution in [0, 0.1) is 10.1 Å². The highest BCUT2D eigenvalue weighted by Crippen LogP contribution is 2.33. The Morgan fingerprint density at radius 1 is 1.14 bits per heavy atom. The number of alkyl halides is 3. The number of halogens is 3. The third kappa shape index (κ3) is 5.44. The van der Waals surface area contributed by atoms with Crippen molar-refractivity contribution in [2.75, 3.05) is 10.8 Å². The summed E-state index contributed by atoms with van der Waals surface area (Å²) in [5.74, 6) is -1.21. The number of benzene rings is 2. The summed E-state index contributed by atoms with van der Waals surface area (Å²) < 4.78 is 65.7. The van der Waals surface area contributed by atoms with Crippen LogP contribution in [0.4, 0.5) is 24.5 Å². The zero-order valence-electron chi connectivity index (χ0n) is 14.7. The summed E-state index contributed by atoms with van der Waals surface area (Å²) in [4.78, 5) is 20.4. The maximum atomic E-state index is 13.0. The number of hydrogen-bond acceptors (Lipinski definition) is 5. The molecule has 0 bridgehead atoms. The van der Waals surface area contributed by atoms with Gasteiger partial charge in [-0.15, -0.1) is 0 Å². The van der Waals surface area contributed by atoms with Crippen LogP contribution in [-0.2, 0) is 21.0 Å². The van der Waals surface area contributed by atoms with E-state index in [0.717, 1.165) is 42.5 Å². The summed E-state index contributed by atoms with van der Waals surface area (Å²) in [6.45, 7) is -0.432. The second-order valence-electron chi connectivity index (χ2n) is 5.88. The van der Waals surface area contributed by atoms with Crippen molar-refractivity contribution in [2.24, 2.45) is 0 Å². The van der Waals surface area contributed by atoms with E-state index in [0.29, 0.717) is 10.4 Å². The van der Waals surface area contributed by atoms with E-state index < -0.39 is 56.2 Å². The lowest BCUT2D eigenvalue weighted by molar-refractivity contribution is -0.385. The number of aliphatic carboxylic acids is 1. The minimum absolute atomic E-state index is 0.181. The molecule has 0 fully saturated rings. The van der Waals surface area contributed by atoms with Gasteiger partial charge in [-0.2, -0.15) is 13.2 Å². The lowest BCUT2D eigenvalue weighted by atomic mass is 10.2. The summed E-state index contributed by atoms with van der Waals surface area (Å²) in [6, 6.07) is 7.59. The first-order chi connectivity index (χ1) is 13.4. The number of non-ortho nitro benzene ring substituents is 1. The number of hydrogen-bond donors (Lipinski definition) is 1. The Balaban J connectivity index is 2.54. The molecule has 2 aromatic carbocycles. The highest BCUT2D eigenvalue weighted by molar-refractivity contribution is 7.92. The van der Waals surface area contributed by atoms with Crippen LogP contribution in [0.5, 0.6) is 0 Å². The number of sulfonamides is 1. The van der Waals surface area contributed by atoms with Crippen molar-refractivity contribution >= 4 is 27.4 Å². The fourth-order valence-electron chi connectivity index (χ4n) is 2.48. The normalized spacial score (nSPS) is 11.8. The van der Waals surface area contributed by atoms with Crippen molar-refractivity contribution < 1.29 is 36.4 Å². The fraction of sp³-hybridized carbons (Fsp3) is 0.235. The van der Waals surface area contributed by atoms with Gasteiger partial charge in [0.1, 0.15) is 0 Å². The molecule has 0 heterocycles. The van der Waals surface area contributed by atoms with Gasteiger partial charge in [0.15, 0.2) is 0 Å². The number of nitro groups is 1. The van der Waals surface area contributed by atoms with Gasteiger partial charge >= 0.3 is 12.1 Å². The molecule has 0 aliphatic rings. The number of nitro benzene ring substituents is 1. The lowest BCUT2D eigenvalue weighted by Crippen LogP contribution is -2.32. The Labute approximate surface area is 163 Å². The molecule has 0 aliphatic heterocycles. The summed E-state index contributed by atoms with van der Waals surface area (Å²) in [6.07, 6.45) is -5.32. The van der Waals surface area contributed by atoms with Crippen LogP contribution in [0.2, 0.25) is 0 Å². The Bertz CT molecular complexity index is 1020. The van der Waals surface area contributed by atoms with E-state index in [1.165, 1.54) is 0 Å². The molecule has 0 spiro atoms. The molecule has 156 valence electrons. The van der Waals surface area contributed by atoms with Crippen LogP contribution >= 0.6 is 0 Å². The Morgan fingerprint density at radius 3 is 2.38 bits per heavy atom. The zero-order chi connectivity index (χ0) is 21.8. The van der Waals surface area contributed by atoms with Crippen molar-refractivity contribution in [3.05, 3.63) is 64.2 Å². The van der Waals surface area contributed by atoms with E-state index >= 15 is 0 Å². The summed E-state index contributed by atoms with van der Waals surface area (Å²) in [5.41, 5.74) is -1.94. The molecule has 2 aromatic rings. The van der Waals surface area contributed by atoms with Crippen molar-refractivity contribution in [1.82, 2.24) is 0 Å². The maximum absolute atomic E-state index is 13.0. The molecule has 29 heavy (non-hydrogen) atoms. The molecular formula is C17H15F3N2O6S. The van der Waals surface area contributed by atoms with Gasteiger partial charge in [-0.25, -0.2) is 8.42 Å². The maximum Gasteiger partial charge on any atom is 0.416 e. The van der Waals surface area contributed by atoms with Gasteiger partial charge in [-0.1, -0.05) is 12.1 Å². The number of anilines is 1. The molecule has 0 amide bonds. The number of carbonyl (C=O) groups is 1. The average Bonchev–Trinajstić information content (AvgIpc) is 2.64. The van der Waals surface area contributed by atoms with Gasteiger partial charge in [0.2, 0.25) is 0 Å². The molecule has 0 unspecified atom stereocenters. The smallest absolute Gasteiger partial charge is 0.416 e. The third-order valence-corrected chi connectivity index (χ3v) is 5.65. The first-order valence-electron chi connectivity index (χ1n) is 8.09. The molecule has 12 heteroatoms. The predicted molar refractivity (Wildman–Crippen MR) is 95.9 cm³/mol. The molecule has 0 aromatic heterocycles. The summed E-state index contributed by atoms with van der Waals surface area (Å²) in [5, 5.41) is 19.7. The van der Waals surface area contributed by atoms with Crippen LogP contribution < -0.4 is 4.31 Å². The second-order valence-corrected chi connectivity index (χ2v) is 7.74. The van der Waals surface area contributed by atoms with Gasteiger partial charge in [0.05, 0.1) is 21.1 Å². The quantitative estimate of drug-likeness (QED) is 0.502. The van der Waals surface area contributed by atoms with Crippen LogP contribution in [-0.4, -0.2) is 31.0 Å². The van der Waals surface area contributed by atoms with Gasteiger partial charge in [0.25, 0.3) is 15.7 Å². The van der Waals surface area contributed by atoms with E-state index in [9.17, 15) is 36.5 Å². The summed E-state index contributed by atoms with van der Waals surface area (Å²) >= 11 is 0. The number of carboxylic acid groups (broad SMARTS) is 1. The molecular weight excluding hydrogens is 417 g/mol. The highest BCUT2D eigenvalue weighted by Gasteiger charge is 2.33. The van der Waals surface area contributed by atoms with Crippen LogP contribution in [0.15, 0.2) is 53.4 Å². The first kappa shape index (κ1) is 22.1. The zero-order valence-corrected chi connectivity index (χ0v) is 15.5. The molecule has 0 atom stereocenters. The molecule has 8 nitrogen and oxygen atoms in total. The highest BCUT2D eigenvalue weighted by atomic mass is 32.2. The second kappa shape index (κ2) is 8.47. The standard InChI is InChI=1S/C17H15F3N2O6S/c18-17(19,20)12-4-1-5-13(10-12)21(9-3-8-16(23)24)29(27,28)15-7-2-6-14(11-15)22(25)26/h1-2,4-7,10-11H,3,8-9H2,(H,23,24). The molecule has 0 saturated heterocycles. The predicted octanol–water partition coefficient (Wildman–Crippen LogP) is 3.67. The van der Waals surface area contributed by atoms with Gasteiger partial charge in [-0.05, 0) is 30.7 Å². The molecule has 2 rings (SSSR count). The first-order valence-corrected chi connectivity index (χ1v) is 9.53. The molecule has 0 radical (unpaired) electrons. The molecule has 1 N–H and O–H groups in total. The topological polar surface area (TPSA) is 118 Å². The summed E-state index contributed by atoms with van der Waals surface area (Å²) in [7, 11) is -4.50. The minimum atomic E-state index is -4.72. The van der Waals surface area contributed by atoms with Gasteiger partial charge < -0.3 is 5.11 Å². The van der Waals surface area contributed by atoms with Crippen molar-refractivity contribution in [3.8, 4) is 0 Å². The largest absolute Gasteiger partial charge is 0.481 e. The van der Waals surface area contributed by atoms with Crippen molar-refractivity contribution in [1.29, 1.82) is 0 Å². The van der Waals surface area contributed by atoms with Gasteiger partial charge in [-0.3, -0.25) is 19.2 Å². The Hall–Kier alpha value is -3.15. The average molecular weight is 432 g/mol. The fourth-order valence-corrected chi connectivity index (χ4v) is 4.02. The number of carboxylic acids is 1. The number of rotatable bonds is 8. The Kier molecular flexibility index (Phi) is 6.47. The van der Waals surface area contributed by atoms with E-state index in [-0.39, 0.29) is 12.1 Å².